The van der Waals surface area contributed by atoms with E-state index in [0.717, 1.165) is 0 Å². The molecule has 0 heterocycles. The molecule has 1 aromatic rings. The van der Waals surface area contributed by atoms with Crippen LogP contribution in [0.3, 0.4) is 0 Å². The minimum absolute atomic E-state index is 0.249. The Morgan fingerprint density at radius 3 is 2.60 bits per heavy atom. The van der Waals surface area contributed by atoms with Gasteiger partial charge in [0.25, 0.3) is 5.91 Å². The fourth-order valence-electron chi connectivity index (χ4n) is 1.44. The van der Waals surface area contributed by atoms with Crippen molar-refractivity contribution in [3.63, 3.8) is 0 Å². The Kier molecular flexibility index (Phi) is 5.83. The maximum atomic E-state index is 11.8. The molecule has 3 N–H and O–H groups in total. The fraction of sp³-hybridized carbons (Fsp3) is 0.429. The van der Waals surface area contributed by atoms with Crippen LogP contribution in [0.25, 0.3) is 0 Å². The topological polar surface area (TPSA) is 90.7 Å². The molecule has 0 saturated heterocycles. The summed E-state index contributed by atoms with van der Waals surface area (Å²) in [5.74, 6) is -0.146. The number of methoxy groups -OCH3 is 1. The molecule has 110 valence electrons. The smallest absolute Gasteiger partial charge is 0.338 e. The highest BCUT2D eigenvalue weighted by Crippen LogP contribution is 2.19. The lowest BCUT2D eigenvalue weighted by molar-refractivity contribution is -0.124. The lowest BCUT2D eigenvalue weighted by Crippen LogP contribution is -2.31. The Bertz CT molecular complexity index is 486. The number of anilines is 1. The molecule has 6 nitrogen and oxygen atoms in total. The predicted octanol–water partition coefficient (Wildman–Crippen LogP) is 1.21. The van der Waals surface area contributed by atoms with E-state index in [4.69, 9.17) is 15.2 Å². The van der Waals surface area contributed by atoms with Crippen molar-refractivity contribution in [3.8, 4) is 5.75 Å². The van der Waals surface area contributed by atoms with Gasteiger partial charge in [-0.05, 0) is 18.1 Å². The SMILES string of the molecule is COc1cc(N)cc(C(=O)OCC(=O)NCC(C)C)c1. The molecule has 0 aromatic heterocycles. The summed E-state index contributed by atoms with van der Waals surface area (Å²) in [6.45, 7) is 4.18. The number of rotatable bonds is 6. The first-order chi connectivity index (χ1) is 9.42. The number of nitrogens with one attached hydrogen (secondary N) is 1. The largest absolute Gasteiger partial charge is 0.497 e. The van der Waals surface area contributed by atoms with Crippen LogP contribution in [-0.2, 0) is 9.53 Å². The van der Waals surface area contributed by atoms with Crippen LogP contribution < -0.4 is 15.8 Å². The minimum atomic E-state index is -0.615. The first-order valence-electron chi connectivity index (χ1n) is 6.30. The average molecular weight is 280 g/mol. The summed E-state index contributed by atoms with van der Waals surface area (Å²) >= 11 is 0. The predicted molar refractivity (Wildman–Crippen MR) is 75.5 cm³/mol. The van der Waals surface area contributed by atoms with Crippen LogP contribution in [0.5, 0.6) is 5.75 Å². The molecule has 1 aromatic carbocycles. The molecule has 0 atom stereocenters. The van der Waals surface area contributed by atoms with E-state index >= 15 is 0 Å². The highest BCUT2D eigenvalue weighted by molar-refractivity contribution is 5.92. The molecule has 0 aliphatic carbocycles. The van der Waals surface area contributed by atoms with Crippen molar-refractivity contribution in [2.24, 2.45) is 5.92 Å². The van der Waals surface area contributed by atoms with Crippen molar-refractivity contribution in [1.29, 1.82) is 0 Å². The zero-order chi connectivity index (χ0) is 15.1. The van der Waals surface area contributed by atoms with Crippen molar-refractivity contribution < 1.29 is 19.1 Å². The van der Waals surface area contributed by atoms with Crippen LogP contribution in [-0.4, -0.2) is 32.1 Å². The summed E-state index contributed by atoms with van der Waals surface area (Å²) in [6, 6.07) is 4.56. The maximum absolute atomic E-state index is 11.8. The second-order valence-electron chi connectivity index (χ2n) is 4.77. The zero-order valence-electron chi connectivity index (χ0n) is 11.9. The molecular formula is C14H20N2O4. The van der Waals surface area contributed by atoms with E-state index in [1.165, 1.54) is 19.2 Å². The fourth-order valence-corrected chi connectivity index (χ4v) is 1.44. The second kappa shape index (κ2) is 7.37. The number of nitrogen functional groups attached to an aromatic ring is 1. The summed E-state index contributed by atoms with van der Waals surface area (Å²) in [5.41, 5.74) is 6.28. The standard InChI is InChI=1S/C14H20N2O4/c1-9(2)7-16-13(17)8-20-14(18)10-4-11(15)6-12(5-10)19-3/h4-6,9H,7-8,15H2,1-3H3,(H,16,17). The van der Waals surface area contributed by atoms with Crippen LogP contribution in [0, 0.1) is 5.92 Å². The number of hydrogen-bond donors (Lipinski definition) is 2. The van der Waals surface area contributed by atoms with Gasteiger partial charge < -0.3 is 20.5 Å². The van der Waals surface area contributed by atoms with E-state index in [1.54, 1.807) is 6.07 Å². The summed E-state index contributed by atoms with van der Waals surface area (Å²) in [5, 5.41) is 2.66. The highest BCUT2D eigenvalue weighted by Gasteiger charge is 2.12. The van der Waals surface area contributed by atoms with Crippen molar-refractivity contribution in [3.05, 3.63) is 23.8 Å². The summed E-state index contributed by atoms with van der Waals surface area (Å²) in [4.78, 5) is 23.2. The lowest BCUT2D eigenvalue weighted by atomic mass is 10.2. The van der Waals surface area contributed by atoms with Gasteiger partial charge in [-0.2, -0.15) is 0 Å². The second-order valence-corrected chi connectivity index (χ2v) is 4.77. The number of amides is 1. The number of ether oxygens (including phenoxy) is 2. The highest BCUT2D eigenvalue weighted by atomic mass is 16.5. The first-order valence-corrected chi connectivity index (χ1v) is 6.30. The number of carbonyl (C=O) groups excluding carboxylic acids is 2. The van der Waals surface area contributed by atoms with Gasteiger partial charge in [-0.25, -0.2) is 4.79 Å². The molecule has 0 fully saturated rings. The molecule has 0 radical (unpaired) electrons. The van der Waals surface area contributed by atoms with E-state index in [-0.39, 0.29) is 18.1 Å². The van der Waals surface area contributed by atoms with Gasteiger partial charge in [0.15, 0.2) is 6.61 Å². The van der Waals surface area contributed by atoms with Gasteiger partial charge in [-0.15, -0.1) is 0 Å². The zero-order valence-corrected chi connectivity index (χ0v) is 11.9. The molecule has 20 heavy (non-hydrogen) atoms. The van der Waals surface area contributed by atoms with E-state index in [1.807, 2.05) is 13.8 Å². The third-order valence-electron chi connectivity index (χ3n) is 2.44. The van der Waals surface area contributed by atoms with Crippen molar-refractivity contribution in [2.75, 3.05) is 26.0 Å². The number of carbonyl (C=O) groups is 2. The Morgan fingerprint density at radius 1 is 1.30 bits per heavy atom. The van der Waals surface area contributed by atoms with Crippen molar-refractivity contribution in [2.45, 2.75) is 13.8 Å². The summed E-state index contributed by atoms with van der Waals surface area (Å²) < 4.78 is 9.92. The monoisotopic (exact) mass is 280 g/mol. The number of hydrogen-bond acceptors (Lipinski definition) is 5. The summed E-state index contributed by atoms with van der Waals surface area (Å²) in [6.07, 6.45) is 0. The van der Waals surface area contributed by atoms with Crippen molar-refractivity contribution >= 4 is 17.6 Å². The van der Waals surface area contributed by atoms with E-state index in [2.05, 4.69) is 5.32 Å². The van der Waals surface area contributed by atoms with Crippen molar-refractivity contribution in [1.82, 2.24) is 5.32 Å². The van der Waals surface area contributed by atoms with Gasteiger partial charge in [0.1, 0.15) is 5.75 Å². The van der Waals surface area contributed by atoms with Gasteiger partial charge in [0, 0.05) is 18.3 Å². The molecule has 6 heteroatoms. The summed E-state index contributed by atoms with van der Waals surface area (Å²) in [7, 11) is 1.48. The van der Waals surface area contributed by atoms with Crippen LogP contribution >= 0.6 is 0 Å². The van der Waals surface area contributed by atoms with Gasteiger partial charge in [0.05, 0.1) is 12.7 Å². The molecule has 0 spiro atoms. The molecule has 1 rings (SSSR count). The van der Waals surface area contributed by atoms with E-state index < -0.39 is 5.97 Å². The number of esters is 1. The average Bonchev–Trinajstić information content (AvgIpc) is 2.41. The molecule has 0 saturated carbocycles. The van der Waals surface area contributed by atoms with Gasteiger partial charge in [0.2, 0.25) is 0 Å². The van der Waals surface area contributed by atoms with Crippen LogP contribution in [0.1, 0.15) is 24.2 Å². The van der Waals surface area contributed by atoms with Crippen LogP contribution in [0.2, 0.25) is 0 Å². The first kappa shape index (κ1) is 15.8. The molecule has 0 bridgehead atoms. The normalized spacial score (nSPS) is 10.2. The maximum Gasteiger partial charge on any atom is 0.338 e. The van der Waals surface area contributed by atoms with Crippen LogP contribution in [0.15, 0.2) is 18.2 Å². The number of benzene rings is 1. The van der Waals surface area contributed by atoms with Gasteiger partial charge in [-0.3, -0.25) is 4.79 Å². The molecule has 0 unspecified atom stereocenters. The Balaban J connectivity index is 2.54. The van der Waals surface area contributed by atoms with E-state index in [9.17, 15) is 9.59 Å². The third-order valence-corrected chi connectivity index (χ3v) is 2.44. The van der Waals surface area contributed by atoms with Gasteiger partial charge >= 0.3 is 5.97 Å². The van der Waals surface area contributed by atoms with Crippen LogP contribution in [0.4, 0.5) is 5.69 Å². The quantitative estimate of drug-likeness (QED) is 0.603. The molecule has 0 aliphatic heterocycles. The Morgan fingerprint density at radius 2 is 2.00 bits per heavy atom. The molecule has 1 amide bonds. The third kappa shape index (κ3) is 5.17. The lowest BCUT2D eigenvalue weighted by Gasteiger charge is -2.09. The molecule has 0 aliphatic rings. The minimum Gasteiger partial charge on any atom is -0.497 e. The Labute approximate surface area is 118 Å². The van der Waals surface area contributed by atoms with Gasteiger partial charge in [-0.1, -0.05) is 13.8 Å². The van der Waals surface area contributed by atoms with E-state index in [0.29, 0.717) is 23.9 Å². The number of nitrogens with two attached hydrogens (primary N) is 1. The Hall–Kier alpha value is -2.24. The molecular weight excluding hydrogens is 260 g/mol.